The molecule has 0 spiro atoms. The standard InChI is InChI=1S/C38H40FN5O3/c1-44(2)24-35(46)43-37(38(15-18-40-19-16-38)22-26-8-12-29(39)13-9-26)34(45)20-25-6-10-27(11-7-25)30-4-3-5-31(36(30)47)32-21-28-14-17-41-23-33(28)42-32/h3-14,17,21,23,37,40,42,47H,15-16,18-20,22,24H2,1-2H3,(H,43,46). The molecular weight excluding hydrogens is 593 g/mol. The molecule has 0 saturated carbocycles. The number of H-pyrrole nitrogens is 1. The van der Waals surface area contributed by atoms with Gasteiger partial charge in [-0.25, -0.2) is 4.39 Å². The lowest BCUT2D eigenvalue weighted by Gasteiger charge is -2.44. The molecule has 1 amide bonds. The van der Waals surface area contributed by atoms with E-state index in [1.54, 1.807) is 29.4 Å². The van der Waals surface area contributed by atoms with Gasteiger partial charge in [0, 0.05) is 34.5 Å². The number of benzene rings is 3. The van der Waals surface area contributed by atoms with Crippen molar-refractivity contribution >= 4 is 22.6 Å². The average Bonchev–Trinajstić information content (AvgIpc) is 3.49. The van der Waals surface area contributed by atoms with Crippen molar-refractivity contribution in [1.82, 2.24) is 25.5 Å². The van der Waals surface area contributed by atoms with E-state index < -0.39 is 11.5 Å². The number of para-hydroxylation sites is 1. The Morgan fingerprint density at radius 1 is 0.979 bits per heavy atom. The van der Waals surface area contributed by atoms with E-state index >= 15 is 0 Å². The van der Waals surface area contributed by atoms with Crippen LogP contribution >= 0.6 is 0 Å². The van der Waals surface area contributed by atoms with Gasteiger partial charge in [0.05, 0.1) is 30.0 Å². The summed E-state index contributed by atoms with van der Waals surface area (Å²) < 4.78 is 13.7. The highest BCUT2D eigenvalue weighted by molar-refractivity contribution is 5.92. The first-order chi connectivity index (χ1) is 22.7. The van der Waals surface area contributed by atoms with Crippen LogP contribution in [-0.2, 0) is 22.4 Å². The van der Waals surface area contributed by atoms with E-state index in [0.29, 0.717) is 30.4 Å². The number of piperidine rings is 1. The van der Waals surface area contributed by atoms with Gasteiger partial charge in [0.25, 0.3) is 0 Å². The normalized spacial score (nSPS) is 15.1. The first-order valence-electron chi connectivity index (χ1n) is 16.0. The molecule has 0 bridgehead atoms. The Hall–Kier alpha value is -4.86. The monoisotopic (exact) mass is 633 g/mol. The molecule has 0 aliphatic carbocycles. The molecular formula is C38H40FN5O3. The summed E-state index contributed by atoms with van der Waals surface area (Å²) in [5.74, 6) is -0.415. The number of aromatic hydroxyl groups is 1. The first-order valence-corrected chi connectivity index (χ1v) is 16.0. The molecule has 242 valence electrons. The van der Waals surface area contributed by atoms with Crippen molar-refractivity contribution in [2.75, 3.05) is 33.7 Å². The Bertz CT molecular complexity index is 1830. The van der Waals surface area contributed by atoms with Crippen LogP contribution in [0.25, 0.3) is 33.3 Å². The number of Topliss-reactive ketones (excluding diaryl/α,β-unsaturated/α-hetero) is 1. The number of halogens is 1. The smallest absolute Gasteiger partial charge is 0.234 e. The highest BCUT2D eigenvalue weighted by Crippen LogP contribution is 2.40. The fraction of sp³-hybridized carbons (Fsp3) is 0.289. The minimum atomic E-state index is -0.714. The van der Waals surface area contributed by atoms with E-state index in [1.165, 1.54) is 12.1 Å². The van der Waals surface area contributed by atoms with Crippen LogP contribution < -0.4 is 10.6 Å². The number of phenols is 1. The van der Waals surface area contributed by atoms with Crippen molar-refractivity contribution in [3.8, 4) is 28.1 Å². The summed E-state index contributed by atoms with van der Waals surface area (Å²) in [6, 6.07) is 22.9. The van der Waals surface area contributed by atoms with Crippen LogP contribution in [0.5, 0.6) is 5.75 Å². The van der Waals surface area contributed by atoms with Crippen LogP contribution in [0.3, 0.4) is 0 Å². The molecule has 9 heteroatoms. The van der Waals surface area contributed by atoms with Crippen LogP contribution in [0.1, 0.15) is 24.0 Å². The van der Waals surface area contributed by atoms with Gasteiger partial charge in [-0.3, -0.25) is 14.6 Å². The number of hydrogen-bond acceptors (Lipinski definition) is 6. The van der Waals surface area contributed by atoms with Crippen LogP contribution in [0.15, 0.2) is 91.3 Å². The zero-order valence-electron chi connectivity index (χ0n) is 26.7. The molecule has 6 rings (SSSR count). The maximum Gasteiger partial charge on any atom is 0.234 e. The predicted octanol–water partition coefficient (Wildman–Crippen LogP) is 5.51. The molecule has 3 aromatic carbocycles. The number of nitrogens with zero attached hydrogens (tertiary/aromatic N) is 2. The molecule has 3 heterocycles. The molecule has 1 fully saturated rings. The van der Waals surface area contributed by atoms with E-state index in [-0.39, 0.29) is 36.2 Å². The Morgan fingerprint density at radius 2 is 1.68 bits per heavy atom. The van der Waals surface area contributed by atoms with Crippen molar-refractivity contribution in [3.05, 3.63) is 108 Å². The number of phenolic OH excluding ortho intramolecular Hbond substituents is 1. The van der Waals surface area contributed by atoms with Gasteiger partial charge in [-0.05, 0) is 93.5 Å². The highest BCUT2D eigenvalue weighted by Gasteiger charge is 2.44. The molecule has 5 aromatic rings. The number of pyridine rings is 1. The number of hydrogen-bond donors (Lipinski definition) is 4. The second-order valence-electron chi connectivity index (χ2n) is 12.8. The number of amides is 1. The summed E-state index contributed by atoms with van der Waals surface area (Å²) in [4.78, 5) is 36.6. The van der Waals surface area contributed by atoms with Crippen LogP contribution in [0, 0.1) is 11.2 Å². The fourth-order valence-corrected chi connectivity index (χ4v) is 6.79. The number of rotatable bonds is 11. The Kier molecular flexibility index (Phi) is 9.47. The van der Waals surface area contributed by atoms with Crippen molar-refractivity contribution in [3.63, 3.8) is 0 Å². The average molecular weight is 634 g/mol. The number of aromatic amines is 1. The molecule has 47 heavy (non-hydrogen) atoms. The maximum absolute atomic E-state index is 14.2. The molecule has 8 nitrogen and oxygen atoms in total. The molecule has 1 saturated heterocycles. The van der Waals surface area contributed by atoms with Crippen molar-refractivity contribution in [1.29, 1.82) is 0 Å². The number of fused-ring (bicyclic) bond motifs is 1. The first kappa shape index (κ1) is 32.1. The van der Waals surface area contributed by atoms with Crippen molar-refractivity contribution < 1.29 is 19.1 Å². The third-order valence-corrected chi connectivity index (χ3v) is 9.16. The largest absolute Gasteiger partial charge is 0.507 e. The van der Waals surface area contributed by atoms with E-state index in [9.17, 15) is 19.1 Å². The topological polar surface area (TPSA) is 110 Å². The summed E-state index contributed by atoms with van der Waals surface area (Å²) >= 11 is 0. The molecule has 1 aliphatic rings. The number of aromatic nitrogens is 2. The summed E-state index contributed by atoms with van der Waals surface area (Å²) in [5, 5.41) is 18.8. The lowest BCUT2D eigenvalue weighted by molar-refractivity contribution is -0.131. The van der Waals surface area contributed by atoms with Crippen LogP contribution in [0.2, 0.25) is 0 Å². The van der Waals surface area contributed by atoms with Crippen LogP contribution in [0.4, 0.5) is 4.39 Å². The van der Waals surface area contributed by atoms with Gasteiger partial charge in [-0.2, -0.15) is 0 Å². The van der Waals surface area contributed by atoms with E-state index in [0.717, 1.165) is 46.4 Å². The van der Waals surface area contributed by atoms with Crippen molar-refractivity contribution in [2.45, 2.75) is 31.7 Å². The Labute approximate surface area is 274 Å². The Morgan fingerprint density at radius 3 is 2.38 bits per heavy atom. The van der Waals surface area contributed by atoms with Crippen molar-refractivity contribution in [2.24, 2.45) is 5.41 Å². The summed E-state index contributed by atoms with van der Waals surface area (Å²) in [6.07, 6.45) is 5.58. The minimum Gasteiger partial charge on any atom is -0.507 e. The van der Waals surface area contributed by atoms with E-state index in [1.807, 2.05) is 68.7 Å². The van der Waals surface area contributed by atoms with Gasteiger partial charge in [0.15, 0.2) is 5.78 Å². The fourth-order valence-electron chi connectivity index (χ4n) is 6.79. The molecule has 1 unspecified atom stereocenters. The quantitative estimate of drug-likeness (QED) is 0.153. The molecule has 1 atom stereocenters. The second kappa shape index (κ2) is 13.9. The number of carbonyl (C=O) groups excluding carboxylic acids is 2. The number of nitrogens with one attached hydrogen (secondary N) is 3. The van der Waals surface area contributed by atoms with Gasteiger partial charge >= 0.3 is 0 Å². The molecule has 4 N–H and O–H groups in total. The highest BCUT2D eigenvalue weighted by atomic mass is 19.1. The summed E-state index contributed by atoms with van der Waals surface area (Å²) in [7, 11) is 3.64. The number of carbonyl (C=O) groups is 2. The van der Waals surface area contributed by atoms with Crippen LogP contribution in [-0.4, -0.2) is 71.4 Å². The molecule has 2 aromatic heterocycles. The van der Waals surface area contributed by atoms with Gasteiger partial charge in [0.1, 0.15) is 11.6 Å². The van der Waals surface area contributed by atoms with Gasteiger partial charge < -0.3 is 25.6 Å². The van der Waals surface area contributed by atoms with Gasteiger partial charge in [-0.15, -0.1) is 0 Å². The SMILES string of the molecule is CN(C)CC(=O)NC(C(=O)Cc1ccc(-c2cccc(-c3cc4ccncc4[nH]3)c2O)cc1)C1(Cc2ccc(F)cc2)CCNCC1. The molecule has 1 aliphatic heterocycles. The third-order valence-electron chi connectivity index (χ3n) is 9.16. The van der Waals surface area contributed by atoms with Gasteiger partial charge in [0.2, 0.25) is 5.91 Å². The van der Waals surface area contributed by atoms with Gasteiger partial charge in [-0.1, -0.05) is 48.5 Å². The van der Waals surface area contributed by atoms with E-state index in [4.69, 9.17) is 0 Å². The third kappa shape index (κ3) is 7.26. The minimum absolute atomic E-state index is 0.0630. The zero-order chi connectivity index (χ0) is 33.0. The second-order valence-corrected chi connectivity index (χ2v) is 12.8. The molecule has 0 radical (unpaired) electrons. The zero-order valence-corrected chi connectivity index (χ0v) is 26.7. The summed E-state index contributed by atoms with van der Waals surface area (Å²) in [6.45, 7) is 1.61. The predicted molar refractivity (Wildman–Crippen MR) is 182 cm³/mol. The number of ketones is 1. The number of likely N-dealkylation sites (N-methyl/N-ethyl adjacent to an activating group) is 1. The lowest BCUT2D eigenvalue weighted by atomic mass is 9.67. The summed E-state index contributed by atoms with van der Waals surface area (Å²) in [5.41, 5.74) is 5.10. The Balaban J connectivity index is 1.26. The van der Waals surface area contributed by atoms with E-state index in [2.05, 4.69) is 20.6 Å². The maximum atomic E-state index is 14.2. The lowest BCUT2D eigenvalue weighted by Crippen LogP contribution is -2.58.